The molecule has 0 saturated carbocycles. The van der Waals surface area contributed by atoms with Crippen LogP contribution in [0.2, 0.25) is 0 Å². The average molecular weight is 255 g/mol. The third kappa shape index (κ3) is 2.36. The molecular weight excluding hydrogens is 241 g/mol. The number of para-hydroxylation sites is 1. The van der Waals surface area contributed by atoms with Crippen molar-refractivity contribution in [1.29, 1.82) is 0 Å². The Hall–Kier alpha value is -2.16. The van der Waals surface area contributed by atoms with Crippen LogP contribution in [0.25, 0.3) is 0 Å². The van der Waals surface area contributed by atoms with E-state index in [1.165, 1.54) is 17.7 Å². The molecule has 1 aliphatic rings. The Morgan fingerprint density at radius 1 is 1.11 bits per heavy atom. The summed E-state index contributed by atoms with van der Waals surface area (Å²) in [6, 6.07) is 13.9. The average Bonchev–Trinajstić information content (AvgIpc) is 2.83. The number of carbonyl (C=O) groups excluding carboxylic acids is 1. The number of hydrogen-bond acceptors (Lipinski definition) is 2. The van der Waals surface area contributed by atoms with E-state index >= 15 is 0 Å². The molecule has 3 rings (SSSR count). The molecular formula is C16H14FNO. The molecule has 0 bridgehead atoms. The van der Waals surface area contributed by atoms with E-state index in [9.17, 15) is 9.18 Å². The summed E-state index contributed by atoms with van der Waals surface area (Å²) in [5, 5.41) is 0. The normalized spacial score (nSPS) is 13.4. The van der Waals surface area contributed by atoms with Crippen molar-refractivity contribution in [2.24, 2.45) is 0 Å². The van der Waals surface area contributed by atoms with E-state index in [0.717, 1.165) is 18.7 Å². The molecule has 2 aromatic carbocycles. The second kappa shape index (κ2) is 4.84. The van der Waals surface area contributed by atoms with Gasteiger partial charge < -0.3 is 4.90 Å². The Morgan fingerprint density at radius 3 is 2.63 bits per heavy atom. The zero-order valence-corrected chi connectivity index (χ0v) is 10.5. The van der Waals surface area contributed by atoms with Gasteiger partial charge in [-0.05, 0) is 42.3 Å². The number of fused-ring (bicyclic) bond motifs is 1. The molecule has 0 unspecified atom stereocenters. The van der Waals surface area contributed by atoms with Gasteiger partial charge in [-0.2, -0.15) is 0 Å². The van der Waals surface area contributed by atoms with Gasteiger partial charge >= 0.3 is 0 Å². The SMILES string of the molecule is O=C(CN1CCc2ccccc21)c1ccc(F)cc1. The minimum Gasteiger partial charge on any atom is -0.363 e. The van der Waals surface area contributed by atoms with Gasteiger partial charge in [-0.3, -0.25) is 4.79 Å². The van der Waals surface area contributed by atoms with E-state index in [-0.39, 0.29) is 11.6 Å². The highest BCUT2D eigenvalue weighted by Gasteiger charge is 2.20. The van der Waals surface area contributed by atoms with Crippen LogP contribution in [-0.2, 0) is 6.42 Å². The number of Topliss-reactive ketones (excluding diaryl/α,β-unsaturated/α-hetero) is 1. The molecule has 0 radical (unpaired) electrons. The van der Waals surface area contributed by atoms with Gasteiger partial charge in [0, 0.05) is 17.8 Å². The molecule has 0 atom stereocenters. The third-order valence-corrected chi connectivity index (χ3v) is 3.48. The van der Waals surface area contributed by atoms with Gasteiger partial charge in [0.05, 0.1) is 6.54 Å². The molecule has 0 aromatic heterocycles. The number of rotatable bonds is 3. The van der Waals surface area contributed by atoms with Crippen LogP contribution in [0.3, 0.4) is 0 Å². The number of benzene rings is 2. The van der Waals surface area contributed by atoms with Crippen molar-refractivity contribution in [1.82, 2.24) is 0 Å². The highest BCUT2D eigenvalue weighted by atomic mass is 19.1. The molecule has 2 nitrogen and oxygen atoms in total. The molecule has 19 heavy (non-hydrogen) atoms. The second-order valence-corrected chi connectivity index (χ2v) is 4.73. The van der Waals surface area contributed by atoms with Crippen LogP contribution in [0, 0.1) is 5.82 Å². The summed E-state index contributed by atoms with van der Waals surface area (Å²) in [6.07, 6.45) is 0.979. The highest BCUT2D eigenvalue weighted by molar-refractivity contribution is 5.99. The fourth-order valence-corrected chi connectivity index (χ4v) is 2.47. The minimum atomic E-state index is -0.317. The summed E-state index contributed by atoms with van der Waals surface area (Å²) in [6.45, 7) is 1.22. The Balaban J connectivity index is 1.76. The Morgan fingerprint density at radius 2 is 1.84 bits per heavy atom. The first-order chi connectivity index (χ1) is 9.24. The van der Waals surface area contributed by atoms with Crippen molar-refractivity contribution < 1.29 is 9.18 Å². The highest BCUT2D eigenvalue weighted by Crippen LogP contribution is 2.27. The van der Waals surface area contributed by atoms with E-state index in [0.29, 0.717) is 12.1 Å². The summed E-state index contributed by atoms with van der Waals surface area (Å²) >= 11 is 0. The van der Waals surface area contributed by atoms with E-state index in [1.807, 2.05) is 18.2 Å². The van der Waals surface area contributed by atoms with Gasteiger partial charge in [0.2, 0.25) is 0 Å². The number of ketones is 1. The van der Waals surface area contributed by atoms with Crippen LogP contribution in [0.4, 0.5) is 10.1 Å². The summed E-state index contributed by atoms with van der Waals surface area (Å²) < 4.78 is 12.8. The quantitative estimate of drug-likeness (QED) is 0.786. The molecule has 0 N–H and O–H groups in total. The Bertz CT molecular complexity index is 606. The van der Waals surface area contributed by atoms with Crippen molar-refractivity contribution in [2.75, 3.05) is 18.0 Å². The molecule has 0 fully saturated rings. The molecule has 3 heteroatoms. The van der Waals surface area contributed by atoms with E-state index < -0.39 is 0 Å². The van der Waals surface area contributed by atoms with Gasteiger partial charge in [0.1, 0.15) is 5.82 Å². The lowest BCUT2D eigenvalue weighted by Crippen LogP contribution is -2.27. The van der Waals surface area contributed by atoms with Crippen molar-refractivity contribution in [2.45, 2.75) is 6.42 Å². The number of halogens is 1. The van der Waals surface area contributed by atoms with Crippen molar-refractivity contribution >= 4 is 11.5 Å². The Labute approximate surface area is 111 Å². The molecule has 0 saturated heterocycles. The molecule has 1 heterocycles. The van der Waals surface area contributed by atoms with Crippen molar-refractivity contribution in [3.63, 3.8) is 0 Å². The Kier molecular flexibility index (Phi) is 3.03. The number of nitrogens with zero attached hydrogens (tertiary/aromatic N) is 1. The number of carbonyl (C=O) groups is 1. The van der Waals surface area contributed by atoms with Gasteiger partial charge in [-0.1, -0.05) is 18.2 Å². The second-order valence-electron chi connectivity index (χ2n) is 4.73. The fourth-order valence-electron chi connectivity index (χ4n) is 2.47. The van der Waals surface area contributed by atoms with Crippen LogP contribution < -0.4 is 4.90 Å². The number of anilines is 1. The minimum absolute atomic E-state index is 0.0247. The smallest absolute Gasteiger partial charge is 0.182 e. The van der Waals surface area contributed by atoms with E-state index in [2.05, 4.69) is 11.0 Å². The van der Waals surface area contributed by atoms with Crippen LogP contribution >= 0.6 is 0 Å². The van der Waals surface area contributed by atoms with Gasteiger partial charge in [-0.15, -0.1) is 0 Å². The first-order valence-electron chi connectivity index (χ1n) is 6.35. The summed E-state index contributed by atoms with van der Waals surface area (Å²) in [5.41, 5.74) is 2.98. The zero-order valence-electron chi connectivity index (χ0n) is 10.5. The van der Waals surface area contributed by atoms with E-state index in [4.69, 9.17) is 0 Å². The van der Waals surface area contributed by atoms with Crippen LogP contribution in [0.15, 0.2) is 48.5 Å². The van der Waals surface area contributed by atoms with Crippen molar-refractivity contribution in [3.05, 3.63) is 65.5 Å². The van der Waals surface area contributed by atoms with Crippen molar-refractivity contribution in [3.8, 4) is 0 Å². The fraction of sp³-hybridized carbons (Fsp3) is 0.188. The lowest BCUT2D eigenvalue weighted by molar-refractivity contribution is 0.0999. The predicted octanol–water partition coefficient (Wildman–Crippen LogP) is 3.07. The molecule has 0 aliphatic carbocycles. The van der Waals surface area contributed by atoms with Gasteiger partial charge in [0.15, 0.2) is 5.78 Å². The first kappa shape index (κ1) is 11.9. The monoisotopic (exact) mass is 255 g/mol. The third-order valence-electron chi connectivity index (χ3n) is 3.48. The molecule has 96 valence electrons. The van der Waals surface area contributed by atoms with Crippen LogP contribution in [-0.4, -0.2) is 18.9 Å². The topological polar surface area (TPSA) is 20.3 Å². The zero-order chi connectivity index (χ0) is 13.2. The lowest BCUT2D eigenvalue weighted by atomic mass is 10.1. The maximum absolute atomic E-state index is 12.8. The number of hydrogen-bond donors (Lipinski definition) is 0. The van der Waals surface area contributed by atoms with E-state index in [1.54, 1.807) is 12.1 Å². The van der Waals surface area contributed by atoms with Gasteiger partial charge in [0.25, 0.3) is 0 Å². The summed E-state index contributed by atoms with van der Waals surface area (Å²) in [5.74, 6) is -0.292. The maximum atomic E-state index is 12.8. The van der Waals surface area contributed by atoms with Crippen LogP contribution in [0.1, 0.15) is 15.9 Å². The summed E-state index contributed by atoms with van der Waals surface area (Å²) in [7, 11) is 0. The predicted molar refractivity (Wildman–Crippen MR) is 73.1 cm³/mol. The maximum Gasteiger partial charge on any atom is 0.182 e. The molecule has 0 amide bonds. The molecule has 0 spiro atoms. The van der Waals surface area contributed by atoms with Gasteiger partial charge in [-0.25, -0.2) is 4.39 Å². The van der Waals surface area contributed by atoms with Crippen LogP contribution in [0.5, 0.6) is 0 Å². The lowest BCUT2D eigenvalue weighted by Gasteiger charge is -2.18. The molecule has 2 aromatic rings. The largest absolute Gasteiger partial charge is 0.363 e. The summed E-state index contributed by atoms with van der Waals surface area (Å²) in [4.78, 5) is 14.2. The molecule has 1 aliphatic heterocycles. The first-order valence-corrected chi connectivity index (χ1v) is 6.35. The standard InChI is InChI=1S/C16H14FNO/c17-14-7-5-13(6-8-14)16(19)11-18-10-9-12-3-1-2-4-15(12)18/h1-8H,9-11H2.